The lowest BCUT2D eigenvalue weighted by Crippen LogP contribution is -2.41. The van der Waals surface area contributed by atoms with Crippen LogP contribution in [0, 0.1) is 6.92 Å². The second-order valence-corrected chi connectivity index (χ2v) is 32.9. The number of fused-ring (bicyclic) bond motifs is 15. The van der Waals surface area contributed by atoms with Gasteiger partial charge in [0, 0.05) is 37.5 Å². The molecule has 1 N–H and O–H groups in total. The summed E-state index contributed by atoms with van der Waals surface area (Å²) in [5.41, 5.74) is 26.0. The number of anilines is 5. The summed E-state index contributed by atoms with van der Waals surface area (Å²) in [6, 6.07) is 38.4. The summed E-state index contributed by atoms with van der Waals surface area (Å²) in [5, 5.41) is 11.3. The minimum atomic E-state index is -0.00338. The molecule has 15 rings (SSSR count). The van der Waals surface area contributed by atoms with Crippen LogP contribution in [-0.2, 0) is 43.3 Å². The van der Waals surface area contributed by atoms with Crippen molar-refractivity contribution < 1.29 is 8.83 Å². The van der Waals surface area contributed by atoms with Crippen molar-refractivity contribution in [3.63, 3.8) is 0 Å². The molecule has 1 radical (unpaired) electrons. The molecule has 5 aliphatic rings. The second kappa shape index (κ2) is 17.0. The molecular weight excluding hydrogens is 1030 g/mol. The van der Waals surface area contributed by atoms with Crippen molar-refractivity contribution in [2.45, 2.75) is 212 Å². The predicted octanol–water partition coefficient (Wildman–Crippen LogP) is 21.3. The standard InChI is InChI=1S/C77H84BN2O2S/c1-42-34-51-55(75(12,13)31-28-71(51,4)5)39-59(42)80-66-64(78-65-48-38-54-57(41-62(48)83-69(65)80)77(16,17)33-30-74(54,10)11)49(36-47-44-20-18-19-21-60(44)81-68(47)66)63-58(79-43-22-24-50-52(35-43)72(6,7)27-26-70(50,2)3)25-23-45-46-37-53-56(40-61(46)82-67(45)63)76(14,15)32-29-73(53,8)9/h18-25,34-41,79H,26-33H2,1-17H3. The van der Waals surface area contributed by atoms with Crippen LogP contribution in [0.5, 0.6) is 0 Å². The summed E-state index contributed by atoms with van der Waals surface area (Å²) in [6.07, 6.45) is 9.24. The van der Waals surface area contributed by atoms with Crippen LogP contribution in [0.15, 0.2) is 106 Å². The Balaban J connectivity index is 1.08. The van der Waals surface area contributed by atoms with Crippen LogP contribution in [0.2, 0.25) is 0 Å². The number of rotatable bonds is 4. The molecule has 0 spiro atoms. The molecule has 0 amide bonds. The quantitative estimate of drug-likeness (QED) is 0.178. The van der Waals surface area contributed by atoms with Gasteiger partial charge in [0.2, 0.25) is 0 Å². The molecule has 4 heterocycles. The van der Waals surface area contributed by atoms with Crippen molar-refractivity contribution in [2.24, 2.45) is 0 Å². The van der Waals surface area contributed by atoms with E-state index >= 15 is 0 Å². The van der Waals surface area contributed by atoms with Crippen molar-refractivity contribution >= 4 is 111 Å². The van der Waals surface area contributed by atoms with Crippen molar-refractivity contribution in [3.05, 3.63) is 147 Å². The molecule has 83 heavy (non-hydrogen) atoms. The highest BCUT2D eigenvalue weighted by molar-refractivity contribution is 7.25. The Morgan fingerprint density at radius 3 is 1.58 bits per heavy atom. The van der Waals surface area contributed by atoms with Gasteiger partial charge in [-0.1, -0.05) is 141 Å². The number of nitrogens with zero attached hydrogens (tertiary/aromatic N) is 1. The monoisotopic (exact) mass is 1110 g/mol. The maximum Gasteiger partial charge on any atom is 0.200 e. The van der Waals surface area contributed by atoms with Gasteiger partial charge in [0.05, 0.1) is 22.1 Å². The van der Waals surface area contributed by atoms with Gasteiger partial charge in [0.25, 0.3) is 0 Å². The van der Waals surface area contributed by atoms with E-state index < -0.39 is 0 Å². The van der Waals surface area contributed by atoms with E-state index in [0.29, 0.717) is 0 Å². The van der Waals surface area contributed by atoms with Crippen molar-refractivity contribution in [1.29, 1.82) is 0 Å². The lowest BCUT2D eigenvalue weighted by atomic mass is 9.57. The largest absolute Gasteiger partial charge is 0.455 e. The molecule has 3 aromatic heterocycles. The molecular formula is C77H84BN2O2S. The number of nitrogens with one attached hydrogen (secondary N) is 1. The summed E-state index contributed by atoms with van der Waals surface area (Å²) in [7, 11) is 2.56. The summed E-state index contributed by atoms with van der Waals surface area (Å²) in [6.45, 7) is 41.5. The zero-order chi connectivity index (χ0) is 58.2. The van der Waals surface area contributed by atoms with Crippen molar-refractivity contribution in [3.8, 4) is 11.1 Å². The molecule has 0 fully saturated rings. The molecule has 1 aliphatic heterocycles. The molecule has 4 nitrogen and oxygen atoms in total. The van der Waals surface area contributed by atoms with E-state index in [1.807, 2.05) is 11.3 Å². The van der Waals surface area contributed by atoms with E-state index in [0.717, 1.165) is 111 Å². The van der Waals surface area contributed by atoms with Gasteiger partial charge in [-0.2, -0.15) is 0 Å². The third-order valence-electron chi connectivity index (χ3n) is 22.5. The average Bonchev–Trinajstić information content (AvgIpc) is 2.25. The van der Waals surface area contributed by atoms with Gasteiger partial charge in [0.15, 0.2) is 12.9 Å². The van der Waals surface area contributed by atoms with Crippen LogP contribution in [0.25, 0.3) is 65.1 Å². The molecule has 4 aliphatic carbocycles. The zero-order valence-corrected chi connectivity index (χ0v) is 53.5. The van der Waals surface area contributed by atoms with Crippen LogP contribution < -0.4 is 21.1 Å². The van der Waals surface area contributed by atoms with E-state index in [9.17, 15) is 0 Å². The van der Waals surface area contributed by atoms with Gasteiger partial charge >= 0.3 is 0 Å². The van der Waals surface area contributed by atoms with Gasteiger partial charge in [-0.05, 0) is 240 Å². The van der Waals surface area contributed by atoms with E-state index in [1.165, 1.54) is 94.5 Å². The summed E-state index contributed by atoms with van der Waals surface area (Å²) in [5.74, 6) is 0. The topological polar surface area (TPSA) is 41.5 Å². The van der Waals surface area contributed by atoms with Gasteiger partial charge < -0.3 is 14.2 Å². The predicted molar refractivity (Wildman–Crippen MR) is 357 cm³/mol. The highest BCUT2D eigenvalue weighted by atomic mass is 32.1. The van der Waals surface area contributed by atoms with Gasteiger partial charge in [-0.3, -0.25) is 4.90 Å². The van der Waals surface area contributed by atoms with Crippen molar-refractivity contribution in [1.82, 2.24) is 0 Å². The molecule has 10 aromatic rings. The third kappa shape index (κ3) is 7.74. The summed E-state index contributed by atoms with van der Waals surface area (Å²) >= 11 is 1.96. The first-order valence-corrected chi connectivity index (χ1v) is 32.1. The Kier molecular flexibility index (Phi) is 11.0. The second-order valence-electron chi connectivity index (χ2n) is 31.9. The Morgan fingerprint density at radius 1 is 0.434 bits per heavy atom. The molecule has 6 heteroatoms. The van der Waals surface area contributed by atoms with Gasteiger partial charge in [-0.25, -0.2) is 0 Å². The minimum absolute atomic E-state index is 0.00338. The van der Waals surface area contributed by atoms with Crippen LogP contribution >= 0.6 is 11.3 Å². The Morgan fingerprint density at radius 2 is 0.952 bits per heavy atom. The average molecular weight is 1110 g/mol. The molecule has 0 unspecified atom stereocenters. The first kappa shape index (κ1) is 53.5. The Hall–Kier alpha value is -6.24. The number of hydrogen-bond donors (Lipinski definition) is 1. The smallest absolute Gasteiger partial charge is 0.200 e. The third-order valence-corrected chi connectivity index (χ3v) is 23.7. The Bertz CT molecular complexity index is 4480. The lowest BCUT2D eigenvalue weighted by Gasteiger charge is -2.43. The van der Waals surface area contributed by atoms with E-state index in [4.69, 9.17) is 8.83 Å². The summed E-state index contributed by atoms with van der Waals surface area (Å²) in [4.78, 5) is 2.67. The molecule has 7 aromatic carbocycles. The molecule has 423 valence electrons. The Labute approximate surface area is 498 Å². The van der Waals surface area contributed by atoms with Crippen LogP contribution in [0.4, 0.5) is 27.8 Å². The number of furan rings is 2. The highest BCUT2D eigenvalue weighted by Gasteiger charge is 2.44. The normalized spacial score (nSPS) is 20.8. The van der Waals surface area contributed by atoms with Gasteiger partial charge in [-0.15, -0.1) is 11.3 Å². The highest BCUT2D eigenvalue weighted by Crippen LogP contribution is 2.57. The number of thiophene rings is 1. The van der Waals surface area contributed by atoms with Gasteiger partial charge in [0.1, 0.15) is 16.7 Å². The lowest BCUT2D eigenvalue weighted by molar-refractivity contribution is 0.332. The number of hydrogen-bond acceptors (Lipinski definition) is 5. The zero-order valence-electron chi connectivity index (χ0n) is 52.6. The fourth-order valence-corrected chi connectivity index (χ4v) is 17.6. The molecule has 0 saturated carbocycles. The van der Waals surface area contributed by atoms with Crippen LogP contribution in [0.1, 0.15) is 212 Å². The minimum Gasteiger partial charge on any atom is -0.455 e. The van der Waals surface area contributed by atoms with Crippen molar-refractivity contribution in [2.75, 3.05) is 10.2 Å². The SMILES string of the molecule is Cc1cc2c(cc1N1c3sc4cc5c(cc4c3[B]c3c(-c4c(Nc6ccc7c(c6)C(C)(C)CCC7(C)C)ccc6c4oc4cc7c(cc46)C(C)(C)CCC7(C)C)cc4c(oc6ccccc64)c31)C(C)(C)CCC5(C)C)C(C)(C)CCC2(C)C. The summed E-state index contributed by atoms with van der Waals surface area (Å²) < 4.78 is 16.4. The number of aryl methyl sites for hydroxylation is 1. The molecule has 0 saturated heterocycles. The maximum atomic E-state index is 7.64. The van der Waals surface area contributed by atoms with E-state index in [1.54, 1.807) is 0 Å². The van der Waals surface area contributed by atoms with Crippen LogP contribution in [0.3, 0.4) is 0 Å². The fraction of sp³-hybridized carbons (Fsp3) is 0.429. The number of benzene rings is 7. The van der Waals surface area contributed by atoms with E-state index in [2.05, 4.69) is 232 Å². The number of para-hydroxylation sites is 1. The first-order valence-electron chi connectivity index (χ1n) is 31.3. The van der Waals surface area contributed by atoms with E-state index in [-0.39, 0.29) is 43.3 Å². The fourth-order valence-electron chi connectivity index (χ4n) is 16.4. The molecule has 0 bridgehead atoms. The molecule has 0 atom stereocenters. The maximum absolute atomic E-state index is 7.64. The van der Waals surface area contributed by atoms with Crippen LogP contribution in [-0.4, -0.2) is 7.28 Å². The first-order chi connectivity index (χ1) is 38.9.